The molecule has 0 fully saturated rings. The molecule has 15 heavy (non-hydrogen) atoms. The van der Waals surface area contributed by atoms with Crippen LogP contribution in [0.1, 0.15) is 5.69 Å². The molecule has 0 aliphatic carbocycles. The number of aromatic amines is 1. The summed E-state index contributed by atoms with van der Waals surface area (Å²) in [6.45, 7) is 1.91. The maximum absolute atomic E-state index is 5.09. The average Bonchev–Trinajstić information content (AvgIpc) is 2.26. The van der Waals surface area contributed by atoms with Crippen molar-refractivity contribution < 1.29 is 0 Å². The minimum atomic E-state index is 0.508. The van der Waals surface area contributed by atoms with Crippen molar-refractivity contribution in [2.75, 3.05) is 0 Å². The highest BCUT2D eigenvalue weighted by molar-refractivity contribution is 9.10. The van der Waals surface area contributed by atoms with Gasteiger partial charge in [0, 0.05) is 18.1 Å². The van der Waals surface area contributed by atoms with Crippen LogP contribution in [0, 0.1) is 11.6 Å². The van der Waals surface area contributed by atoms with Crippen LogP contribution in [0.2, 0.25) is 0 Å². The lowest BCUT2D eigenvalue weighted by Gasteiger charge is -2.02. The van der Waals surface area contributed by atoms with E-state index in [0.717, 1.165) is 10.2 Å². The van der Waals surface area contributed by atoms with E-state index in [4.69, 9.17) is 12.2 Å². The molecule has 2 aromatic rings. The molecular formula is C9H7BrN4S. The molecule has 2 aromatic heterocycles. The summed E-state index contributed by atoms with van der Waals surface area (Å²) in [7, 11) is 0. The van der Waals surface area contributed by atoms with Crippen molar-refractivity contribution in [3.8, 4) is 11.6 Å². The van der Waals surface area contributed by atoms with Crippen LogP contribution in [-0.2, 0) is 0 Å². The predicted octanol–water partition coefficient (Wildman–Crippen LogP) is 2.67. The summed E-state index contributed by atoms with van der Waals surface area (Å²) in [6.07, 6.45) is 3.33. The van der Waals surface area contributed by atoms with E-state index in [1.54, 1.807) is 18.5 Å². The molecule has 0 spiro atoms. The van der Waals surface area contributed by atoms with Crippen LogP contribution in [-0.4, -0.2) is 19.9 Å². The van der Waals surface area contributed by atoms with E-state index in [2.05, 4.69) is 35.9 Å². The minimum Gasteiger partial charge on any atom is -0.340 e. The minimum absolute atomic E-state index is 0.508. The maximum atomic E-state index is 5.09. The van der Waals surface area contributed by atoms with Crippen LogP contribution in [0.25, 0.3) is 11.6 Å². The van der Waals surface area contributed by atoms with E-state index >= 15 is 0 Å². The average molecular weight is 283 g/mol. The van der Waals surface area contributed by atoms with Crippen LogP contribution in [0.5, 0.6) is 0 Å². The molecule has 0 aliphatic rings. The van der Waals surface area contributed by atoms with Crippen molar-refractivity contribution in [3.63, 3.8) is 0 Å². The van der Waals surface area contributed by atoms with Gasteiger partial charge in [-0.3, -0.25) is 0 Å². The van der Waals surface area contributed by atoms with E-state index in [0.29, 0.717) is 16.3 Å². The van der Waals surface area contributed by atoms with E-state index < -0.39 is 0 Å². The van der Waals surface area contributed by atoms with Gasteiger partial charge < -0.3 is 4.98 Å². The van der Waals surface area contributed by atoms with Crippen molar-refractivity contribution in [2.45, 2.75) is 6.92 Å². The number of aromatic nitrogens is 4. The first-order valence-corrected chi connectivity index (χ1v) is 5.42. The van der Waals surface area contributed by atoms with Gasteiger partial charge in [-0.05, 0) is 28.9 Å². The van der Waals surface area contributed by atoms with Crippen LogP contribution in [0.3, 0.4) is 0 Å². The summed E-state index contributed by atoms with van der Waals surface area (Å²) in [4.78, 5) is 15.5. The molecule has 0 bridgehead atoms. The van der Waals surface area contributed by atoms with Crippen molar-refractivity contribution in [1.29, 1.82) is 0 Å². The zero-order valence-electron chi connectivity index (χ0n) is 7.86. The largest absolute Gasteiger partial charge is 0.340 e. The molecule has 0 radical (unpaired) electrons. The number of aryl methyl sites for hydroxylation is 1. The predicted molar refractivity (Wildman–Crippen MR) is 62.9 cm³/mol. The van der Waals surface area contributed by atoms with Gasteiger partial charge in [-0.2, -0.15) is 0 Å². The molecule has 0 saturated heterocycles. The Morgan fingerprint density at radius 2 is 2.00 bits per heavy atom. The second-order valence-corrected chi connectivity index (χ2v) is 4.08. The molecule has 4 nitrogen and oxygen atoms in total. The summed E-state index contributed by atoms with van der Waals surface area (Å²) in [5, 5.41) is 0. The molecule has 6 heteroatoms. The zero-order valence-corrected chi connectivity index (χ0v) is 10.3. The SMILES string of the molecule is Cc1[nH]c(-c2ncccn2)nc(=S)c1Br. The smallest absolute Gasteiger partial charge is 0.195 e. The van der Waals surface area contributed by atoms with Crippen molar-refractivity contribution in [2.24, 2.45) is 0 Å². The maximum Gasteiger partial charge on any atom is 0.195 e. The molecule has 2 rings (SSSR count). The van der Waals surface area contributed by atoms with Gasteiger partial charge in [-0.1, -0.05) is 12.2 Å². The Bertz CT molecular complexity index is 538. The molecule has 0 saturated carbocycles. The Morgan fingerprint density at radius 1 is 1.33 bits per heavy atom. The van der Waals surface area contributed by atoms with Gasteiger partial charge in [0.15, 0.2) is 11.6 Å². The van der Waals surface area contributed by atoms with Gasteiger partial charge in [0.05, 0.1) is 4.47 Å². The van der Waals surface area contributed by atoms with E-state index in [1.165, 1.54) is 0 Å². The molecule has 1 N–H and O–H groups in total. The van der Waals surface area contributed by atoms with Crippen LogP contribution >= 0.6 is 28.1 Å². The molecule has 0 aliphatic heterocycles. The number of halogens is 1. The zero-order chi connectivity index (χ0) is 10.8. The van der Waals surface area contributed by atoms with Gasteiger partial charge in [-0.25, -0.2) is 15.0 Å². The second-order valence-electron chi connectivity index (χ2n) is 2.90. The topological polar surface area (TPSA) is 54.5 Å². The summed E-state index contributed by atoms with van der Waals surface area (Å²) >= 11 is 8.44. The first-order valence-electron chi connectivity index (χ1n) is 4.22. The van der Waals surface area contributed by atoms with Crippen LogP contribution in [0.15, 0.2) is 22.9 Å². The Balaban J connectivity index is 2.61. The molecule has 0 unspecified atom stereocenters. The number of H-pyrrole nitrogens is 1. The van der Waals surface area contributed by atoms with E-state index in [9.17, 15) is 0 Å². The summed E-state index contributed by atoms with van der Waals surface area (Å²) in [5.41, 5.74) is 0.914. The monoisotopic (exact) mass is 282 g/mol. The fraction of sp³-hybridized carbons (Fsp3) is 0.111. The van der Waals surface area contributed by atoms with Crippen molar-refractivity contribution in [1.82, 2.24) is 19.9 Å². The van der Waals surface area contributed by atoms with Crippen LogP contribution < -0.4 is 0 Å². The summed E-state index contributed by atoms with van der Waals surface area (Å²) < 4.78 is 1.31. The Morgan fingerprint density at radius 3 is 2.60 bits per heavy atom. The highest BCUT2D eigenvalue weighted by Gasteiger charge is 2.06. The molecule has 0 atom stereocenters. The molecular weight excluding hydrogens is 276 g/mol. The summed E-state index contributed by atoms with van der Waals surface area (Å²) in [5.74, 6) is 1.13. The highest BCUT2D eigenvalue weighted by atomic mass is 79.9. The molecule has 76 valence electrons. The standard InChI is InChI=1S/C9H7BrN4S/c1-5-6(10)9(15)14-8(13-5)7-11-3-2-4-12-7/h2-4H,1H3,(H,13,14,15). The quantitative estimate of drug-likeness (QED) is 0.817. The lowest BCUT2D eigenvalue weighted by atomic mass is 10.4. The highest BCUT2D eigenvalue weighted by Crippen LogP contribution is 2.17. The normalized spacial score (nSPS) is 10.3. The lowest BCUT2D eigenvalue weighted by molar-refractivity contribution is 1.03. The first-order chi connectivity index (χ1) is 7.18. The number of rotatable bonds is 1. The van der Waals surface area contributed by atoms with Crippen molar-refractivity contribution >= 4 is 28.1 Å². The van der Waals surface area contributed by atoms with Gasteiger partial charge in [0.2, 0.25) is 0 Å². The fourth-order valence-electron chi connectivity index (χ4n) is 1.10. The molecule has 2 heterocycles. The van der Waals surface area contributed by atoms with Gasteiger partial charge in [0.25, 0.3) is 0 Å². The lowest BCUT2D eigenvalue weighted by Crippen LogP contribution is -1.97. The fourth-order valence-corrected chi connectivity index (χ4v) is 1.53. The number of hydrogen-bond acceptors (Lipinski definition) is 4. The number of nitrogens with zero attached hydrogens (tertiary/aromatic N) is 3. The number of nitrogens with one attached hydrogen (secondary N) is 1. The summed E-state index contributed by atoms with van der Waals surface area (Å²) in [6, 6.07) is 1.75. The van der Waals surface area contributed by atoms with Crippen LogP contribution in [0.4, 0.5) is 0 Å². The molecule has 0 aromatic carbocycles. The molecule has 0 amide bonds. The Hall–Kier alpha value is -1.14. The van der Waals surface area contributed by atoms with Crippen molar-refractivity contribution in [3.05, 3.63) is 33.3 Å². The second kappa shape index (κ2) is 4.16. The van der Waals surface area contributed by atoms with E-state index in [1.807, 2.05) is 6.92 Å². The van der Waals surface area contributed by atoms with Gasteiger partial charge in [0.1, 0.15) is 4.64 Å². The Labute approximate surface area is 100.0 Å². The van der Waals surface area contributed by atoms with E-state index in [-0.39, 0.29) is 0 Å². The number of hydrogen-bond donors (Lipinski definition) is 1. The first kappa shape index (κ1) is 10.4. The third-order valence-electron chi connectivity index (χ3n) is 1.81. The third kappa shape index (κ3) is 2.10. The van der Waals surface area contributed by atoms with Gasteiger partial charge in [-0.15, -0.1) is 0 Å². The Kier molecular flexibility index (Phi) is 2.88. The third-order valence-corrected chi connectivity index (χ3v) is 3.34. The van der Waals surface area contributed by atoms with Gasteiger partial charge >= 0.3 is 0 Å².